The molecular formula is C22H22N2O2S. The van der Waals surface area contributed by atoms with Crippen LogP contribution < -0.4 is 10.1 Å². The maximum absolute atomic E-state index is 12.3. The number of nitrogens with zero attached hydrogens (tertiary/aromatic N) is 1. The summed E-state index contributed by atoms with van der Waals surface area (Å²) >= 11 is 1.61. The van der Waals surface area contributed by atoms with E-state index in [1.54, 1.807) is 17.4 Å². The average Bonchev–Trinajstić information content (AvgIpc) is 3.07. The van der Waals surface area contributed by atoms with Crippen LogP contribution in [0.2, 0.25) is 0 Å². The second-order valence-corrected chi connectivity index (χ2v) is 7.37. The summed E-state index contributed by atoms with van der Waals surface area (Å²) in [6, 6.07) is 13.6. The van der Waals surface area contributed by atoms with E-state index in [2.05, 4.69) is 10.3 Å². The van der Waals surface area contributed by atoms with Crippen LogP contribution in [0.4, 0.5) is 5.69 Å². The van der Waals surface area contributed by atoms with Gasteiger partial charge in [-0.15, -0.1) is 11.3 Å². The van der Waals surface area contributed by atoms with Crippen LogP contribution >= 0.6 is 11.3 Å². The van der Waals surface area contributed by atoms with Gasteiger partial charge in [-0.3, -0.25) is 4.79 Å². The number of ether oxygens (including phenoxy) is 1. The van der Waals surface area contributed by atoms with Crippen molar-refractivity contribution in [2.45, 2.75) is 27.4 Å². The maximum Gasteiger partial charge on any atom is 0.248 e. The minimum atomic E-state index is -0.156. The summed E-state index contributed by atoms with van der Waals surface area (Å²) in [7, 11) is 0. The Kier molecular flexibility index (Phi) is 6.04. The van der Waals surface area contributed by atoms with Gasteiger partial charge in [-0.25, -0.2) is 4.98 Å². The van der Waals surface area contributed by atoms with E-state index in [4.69, 9.17) is 4.74 Å². The van der Waals surface area contributed by atoms with Crippen LogP contribution in [-0.4, -0.2) is 10.9 Å². The number of anilines is 1. The molecule has 4 nitrogen and oxygen atoms in total. The lowest BCUT2D eigenvalue weighted by atomic mass is 10.1. The molecule has 0 fully saturated rings. The van der Waals surface area contributed by atoms with Crippen molar-refractivity contribution < 1.29 is 9.53 Å². The van der Waals surface area contributed by atoms with Gasteiger partial charge in [0.05, 0.1) is 10.7 Å². The third-order valence-electron chi connectivity index (χ3n) is 4.07. The van der Waals surface area contributed by atoms with Gasteiger partial charge < -0.3 is 10.1 Å². The Hall–Kier alpha value is -2.92. The zero-order valence-corrected chi connectivity index (χ0v) is 16.5. The zero-order chi connectivity index (χ0) is 19.2. The first-order chi connectivity index (χ1) is 13.0. The van der Waals surface area contributed by atoms with E-state index in [9.17, 15) is 4.79 Å². The molecule has 0 atom stereocenters. The predicted molar refractivity (Wildman–Crippen MR) is 111 cm³/mol. The molecule has 0 unspecified atom stereocenters. The molecule has 138 valence electrons. The van der Waals surface area contributed by atoms with Crippen LogP contribution in [0.25, 0.3) is 6.08 Å². The molecule has 1 amide bonds. The lowest BCUT2D eigenvalue weighted by Crippen LogP contribution is -2.10. The summed E-state index contributed by atoms with van der Waals surface area (Å²) in [5.74, 6) is 0.592. The minimum absolute atomic E-state index is 0.156. The van der Waals surface area contributed by atoms with Crippen molar-refractivity contribution in [2.24, 2.45) is 0 Å². The Morgan fingerprint density at radius 3 is 2.59 bits per heavy atom. The third-order valence-corrected chi connectivity index (χ3v) is 4.89. The summed E-state index contributed by atoms with van der Waals surface area (Å²) in [4.78, 5) is 16.6. The van der Waals surface area contributed by atoms with Gasteiger partial charge >= 0.3 is 0 Å². The molecule has 0 radical (unpaired) electrons. The first kappa shape index (κ1) is 18.9. The molecule has 3 aromatic rings. The fraction of sp³-hybridized carbons (Fsp3) is 0.182. The minimum Gasteiger partial charge on any atom is -0.487 e. The fourth-order valence-corrected chi connectivity index (χ4v) is 3.29. The topological polar surface area (TPSA) is 51.2 Å². The Balaban J connectivity index is 1.62. The van der Waals surface area contributed by atoms with Crippen molar-refractivity contribution in [2.75, 3.05) is 5.32 Å². The monoisotopic (exact) mass is 378 g/mol. The quantitative estimate of drug-likeness (QED) is 0.592. The lowest BCUT2D eigenvalue weighted by molar-refractivity contribution is -0.111. The highest BCUT2D eigenvalue weighted by Crippen LogP contribution is 2.20. The highest BCUT2D eigenvalue weighted by molar-refractivity contribution is 7.09. The Morgan fingerprint density at radius 1 is 1.15 bits per heavy atom. The van der Waals surface area contributed by atoms with Crippen molar-refractivity contribution in [3.05, 3.63) is 81.3 Å². The maximum atomic E-state index is 12.3. The zero-order valence-electron chi connectivity index (χ0n) is 15.7. The third kappa shape index (κ3) is 5.28. The molecule has 0 aliphatic heterocycles. The molecule has 0 spiro atoms. The first-order valence-electron chi connectivity index (χ1n) is 8.70. The smallest absolute Gasteiger partial charge is 0.248 e. The number of benzene rings is 2. The number of hydrogen-bond acceptors (Lipinski definition) is 4. The van der Waals surface area contributed by atoms with Crippen LogP contribution in [0.15, 0.2) is 53.9 Å². The normalized spacial score (nSPS) is 10.9. The molecule has 5 heteroatoms. The lowest BCUT2D eigenvalue weighted by Gasteiger charge is -2.09. The van der Waals surface area contributed by atoms with Gasteiger partial charge in [-0.2, -0.15) is 0 Å². The Morgan fingerprint density at radius 2 is 1.89 bits per heavy atom. The van der Waals surface area contributed by atoms with E-state index in [1.807, 2.05) is 68.6 Å². The van der Waals surface area contributed by atoms with Crippen LogP contribution in [-0.2, 0) is 11.4 Å². The van der Waals surface area contributed by atoms with Crippen molar-refractivity contribution in [3.8, 4) is 5.75 Å². The summed E-state index contributed by atoms with van der Waals surface area (Å²) in [5, 5.41) is 5.97. The van der Waals surface area contributed by atoms with E-state index in [-0.39, 0.29) is 5.91 Å². The average molecular weight is 378 g/mol. The Bertz CT molecular complexity index is 956. The van der Waals surface area contributed by atoms with E-state index >= 15 is 0 Å². The number of amides is 1. The van der Waals surface area contributed by atoms with E-state index in [1.165, 1.54) is 6.08 Å². The molecule has 0 aliphatic rings. The van der Waals surface area contributed by atoms with Gasteiger partial charge in [0.1, 0.15) is 12.4 Å². The number of carbonyl (C=O) groups is 1. The number of thiazole rings is 1. The summed E-state index contributed by atoms with van der Waals surface area (Å²) in [5.41, 5.74) is 4.78. The van der Waals surface area contributed by atoms with E-state index < -0.39 is 0 Å². The summed E-state index contributed by atoms with van der Waals surface area (Å²) in [6.45, 7) is 6.38. The van der Waals surface area contributed by atoms with Crippen molar-refractivity contribution in [3.63, 3.8) is 0 Å². The molecule has 3 rings (SSSR count). The molecule has 1 aromatic heterocycles. The molecular weight excluding hydrogens is 356 g/mol. The number of para-hydroxylation sites is 1. The predicted octanol–water partition coefficient (Wildman–Crippen LogP) is 5.30. The highest BCUT2D eigenvalue weighted by Gasteiger charge is 2.05. The van der Waals surface area contributed by atoms with Gasteiger partial charge in [0, 0.05) is 17.1 Å². The Labute approximate surface area is 163 Å². The molecule has 0 aliphatic carbocycles. The molecule has 0 saturated heterocycles. The number of carbonyl (C=O) groups excluding carboxylic acids is 1. The number of rotatable bonds is 6. The number of hydrogen-bond donors (Lipinski definition) is 1. The number of aryl methyl sites for hydroxylation is 3. The van der Waals surface area contributed by atoms with Crippen molar-refractivity contribution >= 4 is 29.0 Å². The van der Waals surface area contributed by atoms with E-state index in [0.29, 0.717) is 6.61 Å². The number of aromatic nitrogens is 1. The standard InChI is InChI=1S/C22H22N2O2S/c1-15-6-4-7-16(2)22(15)24-21(25)11-10-18-8-5-9-20(12-18)26-13-19-14-27-17(3)23-19/h4-12,14H,13H2,1-3H3,(H,24,25). The van der Waals surface area contributed by atoms with Crippen molar-refractivity contribution in [1.82, 2.24) is 4.98 Å². The summed E-state index contributed by atoms with van der Waals surface area (Å²) in [6.07, 6.45) is 3.32. The van der Waals surface area contributed by atoms with Crippen LogP contribution in [0, 0.1) is 20.8 Å². The molecule has 27 heavy (non-hydrogen) atoms. The molecule has 0 bridgehead atoms. The SMILES string of the molecule is Cc1nc(COc2cccc(C=CC(=O)Nc3c(C)cccc3C)c2)cs1. The van der Waals surface area contributed by atoms with Crippen LogP contribution in [0.5, 0.6) is 5.75 Å². The fourth-order valence-electron chi connectivity index (χ4n) is 2.69. The van der Waals surface area contributed by atoms with Gasteiger partial charge in [-0.1, -0.05) is 30.3 Å². The highest BCUT2D eigenvalue weighted by atomic mass is 32.1. The molecule has 2 aromatic carbocycles. The summed E-state index contributed by atoms with van der Waals surface area (Å²) < 4.78 is 5.79. The second-order valence-electron chi connectivity index (χ2n) is 6.31. The van der Waals surface area contributed by atoms with Gasteiger partial charge in [0.2, 0.25) is 5.91 Å². The van der Waals surface area contributed by atoms with Gasteiger partial charge in [-0.05, 0) is 55.7 Å². The first-order valence-corrected chi connectivity index (χ1v) is 9.58. The largest absolute Gasteiger partial charge is 0.487 e. The van der Waals surface area contributed by atoms with Gasteiger partial charge in [0.25, 0.3) is 0 Å². The van der Waals surface area contributed by atoms with Crippen LogP contribution in [0.3, 0.4) is 0 Å². The molecule has 0 saturated carbocycles. The van der Waals surface area contributed by atoms with Crippen LogP contribution in [0.1, 0.15) is 27.4 Å². The molecule has 1 N–H and O–H groups in total. The van der Waals surface area contributed by atoms with Crippen molar-refractivity contribution in [1.29, 1.82) is 0 Å². The molecule has 1 heterocycles. The second kappa shape index (κ2) is 8.64. The van der Waals surface area contributed by atoms with Gasteiger partial charge in [0.15, 0.2) is 0 Å². The number of nitrogens with one attached hydrogen (secondary N) is 1. The van der Waals surface area contributed by atoms with E-state index in [0.717, 1.165) is 38.8 Å².